The van der Waals surface area contributed by atoms with Crippen molar-refractivity contribution in [2.45, 2.75) is 225 Å². The van der Waals surface area contributed by atoms with Gasteiger partial charge in [-0.3, -0.25) is 9.59 Å². The van der Waals surface area contributed by atoms with Gasteiger partial charge in [-0.05, 0) is 70.6 Å². The molecule has 0 aliphatic carbocycles. The maximum atomic E-state index is 12.8. The zero-order valence-electron chi connectivity index (χ0n) is 39.6. The number of aliphatic carboxylic acids is 1. The van der Waals surface area contributed by atoms with E-state index in [1.54, 1.807) is 21.1 Å². The number of ether oxygens (including phenoxy) is 3. The molecule has 0 spiro atoms. The molecule has 0 saturated carbocycles. The maximum absolute atomic E-state index is 12.8. The van der Waals surface area contributed by atoms with Gasteiger partial charge in [0, 0.05) is 19.3 Å². The molecular formula is C52H93NO7. The molecule has 0 amide bonds. The van der Waals surface area contributed by atoms with Crippen LogP contribution in [0.5, 0.6) is 0 Å². The standard InChI is InChI=1S/C52H93NO7/c1-6-8-10-12-14-16-18-20-22-24-25-26-27-29-31-33-35-37-39-41-43-51(55)60-48(46-58-45-44-49(52(56)57)53(3,4)5)47-59-50(54)42-40-38-36-34-32-30-28-23-21-19-17-15-13-11-9-7-2/h9,11,15,17,21,23,25-26,48-49H,6-8,10,12-14,16,18-20,22,24,27-47H2,1-5H3/b11-9+,17-15+,23-21+,26-25+. The van der Waals surface area contributed by atoms with Gasteiger partial charge < -0.3 is 28.6 Å². The number of carbonyl (C=O) groups excluding carboxylic acids is 3. The van der Waals surface area contributed by atoms with E-state index in [0.29, 0.717) is 12.8 Å². The first-order valence-corrected chi connectivity index (χ1v) is 24.7. The van der Waals surface area contributed by atoms with E-state index in [1.165, 1.54) is 109 Å². The van der Waals surface area contributed by atoms with Crippen LogP contribution in [-0.4, -0.2) is 75.5 Å². The van der Waals surface area contributed by atoms with E-state index in [-0.39, 0.29) is 42.7 Å². The van der Waals surface area contributed by atoms with Gasteiger partial charge in [0.25, 0.3) is 0 Å². The molecule has 0 aromatic heterocycles. The summed E-state index contributed by atoms with van der Waals surface area (Å²) in [5.41, 5.74) is 0. The van der Waals surface area contributed by atoms with Crippen LogP contribution in [-0.2, 0) is 28.6 Å². The van der Waals surface area contributed by atoms with Gasteiger partial charge in [-0.1, -0.05) is 172 Å². The van der Waals surface area contributed by atoms with Crippen LogP contribution >= 0.6 is 0 Å². The fourth-order valence-corrected chi connectivity index (χ4v) is 7.14. The highest BCUT2D eigenvalue weighted by atomic mass is 16.6. The van der Waals surface area contributed by atoms with Crippen LogP contribution < -0.4 is 5.11 Å². The van der Waals surface area contributed by atoms with Crippen molar-refractivity contribution in [3.8, 4) is 0 Å². The Morgan fingerprint density at radius 3 is 1.40 bits per heavy atom. The Balaban J connectivity index is 4.28. The third kappa shape index (κ3) is 40.7. The molecule has 2 unspecified atom stereocenters. The number of hydrogen-bond acceptors (Lipinski definition) is 7. The van der Waals surface area contributed by atoms with E-state index >= 15 is 0 Å². The van der Waals surface area contributed by atoms with Crippen molar-refractivity contribution in [2.24, 2.45) is 0 Å². The summed E-state index contributed by atoms with van der Waals surface area (Å²) < 4.78 is 17.2. The van der Waals surface area contributed by atoms with Gasteiger partial charge in [-0.2, -0.15) is 0 Å². The van der Waals surface area contributed by atoms with Gasteiger partial charge in [0.15, 0.2) is 6.10 Å². The number of carboxylic acid groups (broad SMARTS) is 1. The summed E-state index contributed by atoms with van der Waals surface area (Å²) in [5.74, 6) is -1.75. The molecule has 0 saturated heterocycles. The van der Waals surface area contributed by atoms with Crippen molar-refractivity contribution < 1.29 is 38.2 Å². The highest BCUT2D eigenvalue weighted by Gasteiger charge is 2.25. The zero-order valence-corrected chi connectivity index (χ0v) is 39.6. The lowest BCUT2D eigenvalue weighted by molar-refractivity contribution is -0.889. The van der Waals surface area contributed by atoms with Crippen LogP contribution in [0.25, 0.3) is 0 Å². The Kier molecular flexibility index (Phi) is 41.0. The largest absolute Gasteiger partial charge is 0.544 e. The van der Waals surface area contributed by atoms with Crippen LogP contribution in [0, 0.1) is 0 Å². The first kappa shape index (κ1) is 57.3. The van der Waals surface area contributed by atoms with Crippen molar-refractivity contribution >= 4 is 17.9 Å². The summed E-state index contributed by atoms with van der Waals surface area (Å²) in [6.45, 7) is 4.55. The summed E-state index contributed by atoms with van der Waals surface area (Å²) in [6.07, 6.45) is 51.4. The van der Waals surface area contributed by atoms with Gasteiger partial charge in [0.2, 0.25) is 0 Å². The number of quaternary nitrogens is 1. The number of nitrogens with zero attached hydrogens (tertiary/aromatic N) is 1. The molecule has 8 heteroatoms. The molecule has 0 aromatic carbocycles. The van der Waals surface area contributed by atoms with Crippen LogP contribution in [0.4, 0.5) is 0 Å². The molecule has 0 bridgehead atoms. The van der Waals surface area contributed by atoms with E-state index in [0.717, 1.165) is 70.6 Å². The Morgan fingerprint density at radius 2 is 0.933 bits per heavy atom. The van der Waals surface area contributed by atoms with Gasteiger partial charge in [-0.25, -0.2) is 0 Å². The average molecular weight is 844 g/mol. The van der Waals surface area contributed by atoms with Gasteiger partial charge in [0.1, 0.15) is 12.6 Å². The predicted octanol–water partition coefficient (Wildman–Crippen LogP) is 12.6. The van der Waals surface area contributed by atoms with Crippen molar-refractivity contribution in [3.63, 3.8) is 0 Å². The minimum absolute atomic E-state index is 0.0346. The minimum Gasteiger partial charge on any atom is -0.544 e. The molecular weight excluding hydrogens is 751 g/mol. The number of carbonyl (C=O) groups is 3. The Hall–Kier alpha value is -2.71. The van der Waals surface area contributed by atoms with Crippen molar-refractivity contribution in [1.82, 2.24) is 0 Å². The quantitative estimate of drug-likeness (QED) is 0.0260. The van der Waals surface area contributed by atoms with Crippen LogP contribution in [0.1, 0.15) is 213 Å². The highest BCUT2D eigenvalue weighted by molar-refractivity contribution is 5.70. The maximum Gasteiger partial charge on any atom is 0.306 e. The lowest BCUT2D eigenvalue weighted by Crippen LogP contribution is -2.55. The summed E-state index contributed by atoms with van der Waals surface area (Å²) in [7, 11) is 5.41. The summed E-state index contributed by atoms with van der Waals surface area (Å²) in [4.78, 5) is 37.0. The van der Waals surface area contributed by atoms with Gasteiger partial charge in [0.05, 0.1) is 40.3 Å². The van der Waals surface area contributed by atoms with Crippen molar-refractivity contribution in [3.05, 3.63) is 48.6 Å². The molecule has 0 fully saturated rings. The van der Waals surface area contributed by atoms with Crippen LogP contribution in [0.2, 0.25) is 0 Å². The normalized spacial score (nSPS) is 13.3. The average Bonchev–Trinajstić information content (AvgIpc) is 3.21. The SMILES string of the molecule is CC/C=C/C/C=C/C/C=C/CCCCCCCCC(=O)OCC(COCCC(C(=O)[O-])[N+](C)(C)C)OC(=O)CCCCCCCCC/C=C/CCCCCCCCCCC. The van der Waals surface area contributed by atoms with E-state index < -0.39 is 18.1 Å². The highest BCUT2D eigenvalue weighted by Crippen LogP contribution is 2.15. The Morgan fingerprint density at radius 1 is 0.517 bits per heavy atom. The fourth-order valence-electron chi connectivity index (χ4n) is 7.14. The third-order valence-electron chi connectivity index (χ3n) is 10.9. The van der Waals surface area contributed by atoms with Gasteiger partial charge >= 0.3 is 11.9 Å². The minimum atomic E-state index is -1.13. The van der Waals surface area contributed by atoms with Crippen molar-refractivity contribution in [2.75, 3.05) is 41.0 Å². The Labute approximate surface area is 369 Å². The number of hydrogen-bond donors (Lipinski definition) is 0. The first-order chi connectivity index (χ1) is 29.1. The fraction of sp³-hybridized carbons (Fsp3) is 0.788. The lowest BCUT2D eigenvalue weighted by Gasteiger charge is -2.34. The lowest BCUT2D eigenvalue weighted by atomic mass is 10.1. The van der Waals surface area contributed by atoms with E-state index in [4.69, 9.17) is 14.2 Å². The number of allylic oxidation sites excluding steroid dienone is 8. The molecule has 0 N–H and O–H groups in total. The molecule has 0 aliphatic rings. The second-order valence-electron chi connectivity index (χ2n) is 17.7. The predicted molar refractivity (Wildman–Crippen MR) is 250 cm³/mol. The molecule has 2 atom stereocenters. The topological polar surface area (TPSA) is 102 Å². The molecule has 8 nitrogen and oxygen atoms in total. The molecule has 0 rings (SSSR count). The summed E-state index contributed by atoms with van der Waals surface area (Å²) in [6, 6.07) is -0.729. The van der Waals surface area contributed by atoms with E-state index in [2.05, 4.69) is 62.5 Å². The van der Waals surface area contributed by atoms with Crippen LogP contribution in [0.3, 0.4) is 0 Å². The van der Waals surface area contributed by atoms with Crippen LogP contribution in [0.15, 0.2) is 48.6 Å². The smallest absolute Gasteiger partial charge is 0.306 e. The number of likely N-dealkylation sites (N-methyl/N-ethyl adjacent to an activating group) is 1. The molecule has 0 radical (unpaired) electrons. The molecule has 0 aromatic rings. The molecule has 0 heterocycles. The van der Waals surface area contributed by atoms with E-state index in [9.17, 15) is 19.5 Å². The number of unbranched alkanes of at least 4 members (excludes halogenated alkanes) is 22. The molecule has 348 valence electrons. The monoisotopic (exact) mass is 844 g/mol. The second kappa shape index (κ2) is 43.0. The summed E-state index contributed by atoms with van der Waals surface area (Å²) >= 11 is 0. The first-order valence-electron chi connectivity index (χ1n) is 24.7. The zero-order chi connectivity index (χ0) is 44.2. The second-order valence-corrected chi connectivity index (χ2v) is 17.7. The van der Waals surface area contributed by atoms with Gasteiger partial charge in [-0.15, -0.1) is 0 Å². The number of carboxylic acids is 1. The molecule has 60 heavy (non-hydrogen) atoms. The summed E-state index contributed by atoms with van der Waals surface area (Å²) in [5, 5.41) is 11.6. The molecule has 0 aliphatic heterocycles. The van der Waals surface area contributed by atoms with E-state index in [1.807, 2.05) is 0 Å². The number of rotatable bonds is 44. The van der Waals surface area contributed by atoms with Crippen molar-refractivity contribution in [1.29, 1.82) is 0 Å². The number of esters is 2. The Bertz CT molecular complexity index is 1120. The third-order valence-corrected chi connectivity index (χ3v) is 10.9.